The minimum absolute atomic E-state index is 0.0337. The van der Waals surface area contributed by atoms with Crippen LogP contribution in [0.25, 0.3) is 0 Å². The summed E-state index contributed by atoms with van der Waals surface area (Å²) in [6.07, 6.45) is 6.98. The molecule has 0 saturated carbocycles. The third-order valence-electron chi connectivity index (χ3n) is 2.75. The average Bonchev–Trinajstić information content (AvgIpc) is 2.27. The van der Waals surface area contributed by atoms with Gasteiger partial charge in [0, 0.05) is 6.04 Å². The maximum absolute atomic E-state index is 7.20. The quantitative estimate of drug-likeness (QED) is 0.210. The van der Waals surface area contributed by atoms with E-state index in [1.165, 1.54) is 25.7 Å². The second-order valence-electron chi connectivity index (χ2n) is 4.43. The first kappa shape index (κ1) is 16.2. The highest BCUT2D eigenvalue weighted by molar-refractivity contribution is 5.74. The third kappa shape index (κ3) is 11.5. The van der Waals surface area contributed by atoms with Crippen LogP contribution in [0.2, 0.25) is 0 Å². The lowest BCUT2D eigenvalue weighted by Gasteiger charge is -2.18. The first-order valence-corrected chi connectivity index (χ1v) is 6.72. The zero-order valence-electron chi connectivity index (χ0n) is 11.1. The Kier molecular flexibility index (Phi) is 11.1. The summed E-state index contributed by atoms with van der Waals surface area (Å²) in [5, 5.41) is 13.5. The van der Waals surface area contributed by atoms with Crippen molar-refractivity contribution in [2.24, 2.45) is 11.5 Å². The second-order valence-corrected chi connectivity index (χ2v) is 4.43. The van der Waals surface area contributed by atoms with E-state index in [1.807, 2.05) is 0 Å². The molecule has 0 heterocycles. The van der Waals surface area contributed by atoms with Crippen LogP contribution in [0, 0.1) is 5.41 Å². The maximum atomic E-state index is 7.20. The SMILES string of the molecule is CCCCCCNCCC(CCN)NC(=N)N. The van der Waals surface area contributed by atoms with Crippen LogP contribution in [-0.4, -0.2) is 31.6 Å². The zero-order chi connectivity index (χ0) is 12.9. The number of unbranched alkanes of at least 4 members (excludes halogenated alkanes) is 3. The molecule has 0 saturated heterocycles. The lowest BCUT2D eigenvalue weighted by molar-refractivity contribution is 0.492. The minimum Gasteiger partial charge on any atom is -0.370 e. The fourth-order valence-electron chi connectivity index (χ4n) is 1.79. The molecule has 1 atom stereocenters. The summed E-state index contributed by atoms with van der Waals surface area (Å²) in [6, 6.07) is 0.223. The fourth-order valence-corrected chi connectivity index (χ4v) is 1.79. The summed E-state index contributed by atoms with van der Waals surface area (Å²) in [7, 11) is 0. The van der Waals surface area contributed by atoms with Gasteiger partial charge in [0.1, 0.15) is 0 Å². The molecule has 0 aromatic rings. The number of rotatable bonds is 11. The van der Waals surface area contributed by atoms with Crippen molar-refractivity contribution < 1.29 is 0 Å². The van der Waals surface area contributed by atoms with Crippen molar-refractivity contribution in [2.75, 3.05) is 19.6 Å². The van der Waals surface area contributed by atoms with Gasteiger partial charge in [-0.3, -0.25) is 5.41 Å². The van der Waals surface area contributed by atoms with Gasteiger partial charge in [-0.1, -0.05) is 26.2 Å². The summed E-state index contributed by atoms with van der Waals surface area (Å²) in [5.41, 5.74) is 10.8. The number of hydrogen-bond acceptors (Lipinski definition) is 3. The van der Waals surface area contributed by atoms with Crippen molar-refractivity contribution in [1.29, 1.82) is 5.41 Å². The molecule has 0 radical (unpaired) electrons. The topological polar surface area (TPSA) is 100.0 Å². The standard InChI is InChI=1S/C12H29N5/c1-2-3-4-5-9-16-10-7-11(6-8-13)17-12(14)15/h11,16H,2-10,13H2,1H3,(H4,14,15,17). The molecule has 7 N–H and O–H groups in total. The van der Waals surface area contributed by atoms with Gasteiger partial charge >= 0.3 is 0 Å². The lowest BCUT2D eigenvalue weighted by atomic mass is 10.1. The summed E-state index contributed by atoms with van der Waals surface area (Å²) in [6.45, 7) is 4.88. The molecule has 0 aromatic carbocycles. The minimum atomic E-state index is 0.0337. The molecular formula is C12H29N5. The first-order valence-electron chi connectivity index (χ1n) is 6.72. The maximum Gasteiger partial charge on any atom is 0.185 e. The van der Waals surface area contributed by atoms with Crippen LogP contribution in [-0.2, 0) is 0 Å². The Morgan fingerprint density at radius 3 is 2.53 bits per heavy atom. The van der Waals surface area contributed by atoms with Gasteiger partial charge in [-0.2, -0.15) is 0 Å². The van der Waals surface area contributed by atoms with Crippen molar-refractivity contribution >= 4 is 5.96 Å². The average molecular weight is 243 g/mol. The van der Waals surface area contributed by atoms with Crippen LogP contribution in [0.4, 0.5) is 0 Å². The van der Waals surface area contributed by atoms with Gasteiger partial charge < -0.3 is 22.1 Å². The first-order chi connectivity index (χ1) is 8.20. The Balaban J connectivity index is 3.43. The largest absolute Gasteiger partial charge is 0.370 e. The molecule has 0 amide bonds. The third-order valence-corrected chi connectivity index (χ3v) is 2.75. The Morgan fingerprint density at radius 2 is 1.94 bits per heavy atom. The van der Waals surface area contributed by atoms with Gasteiger partial charge in [-0.05, 0) is 38.9 Å². The van der Waals surface area contributed by atoms with Gasteiger partial charge in [-0.15, -0.1) is 0 Å². The Labute approximate surface area is 105 Å². The molecule has 5 heteroatoms. The van der Waals surface area contributed by atoms with Crippen LogP contribution in [0.3, 0.4) is 0 Å². The summed E-state index contributed by atoms with van der Waals surface area (Å²) in [4.78, 5) is 0. The Hall–Kier alpha value is -0.810. The smallest absolute Gasteiger partial charge is 0.185 e. The van der Waals surface area contributed by atoms with Crippen LogP contribution in [0.15, 0.2) is 0 Å². The molecule has 0 aromatic heterocycles. The van der Waals surface area contributed by atoms with Crippen molar-refractivity contribution in [2.45, 2.75) is 51.5 Å². The van der Waals surface area contributed by atoms with Gasteiger partial charge in [0.2, 0.25) is 0 Å². The predicted molar refractivity (Wildman–Crippen MR) is 74.1 cm³/mol. The van der Waals surface area contributed by atoms with E-state index in [0.717, 1.165) is 25.9 Å². The van der Waals surface area contributed by atoms with Crippen LogP contribution < -0.4 is 22.1 Å². The summed E-state index contributed by atoms with van der Waals surface area (Å²) >= 11 is 0. The highest BCUT2D eigenvalue weighted by atomic mass is 15.1. The molecule has 0 spiro atoms. The molecule has 0 rings (SSSR count). The molecule has 0 aliphatic heterocycles. The molecular weight excluding hydrogens is 214 g/mol. The van der Waals surface area contributed by atoms with Crippen molar-refractivity contribution in [3.63, 3.8) is 0 Å². The van der Waals surface area contributed by atoms with Gasteiger partial charge in [0.25, 0.3) is 0 Å². The Morgan fingerprint density at radius 1 is 1.18 bits per heavy atom. The molecule has 0 aliphatic carbocycles. The highest BCUT2D eigenvalue weighted by Crippen LogP contribution is 1.98. The van der Waals surface area contributed by atoms with E-state index >= 15 is 0 Å². The van der Waals surface area contributed by atoms with E-state index in [0.29, 0.717) is 6.54 Å². The molecule has 102 valence electrons. The number of nitrogens with two attached hydrogens (primary N) is 2. The van der Waals surface area contributed by atoms with E-state index in [2.05, 4.69) is 17.6 Å². The van der Waals surface area contributed by atoms with Crippen LogP contribution in [0.5, 0.6) is 0 Å². The molecule has 17 heavy (non-hydrogen) atoms. The monoisotopic (exact) mass is 243 g/mol. The lowest BCUT2D eigenvalue weighted by Crippen LogP contribution is -2.41. The Bertz CT molecular complexity index is 184. The van der Waals surface area contributed by atoms with Gasteiger partial charge in [0.05, 0.1) is 0 Å². The van der Waals surface area contributed by atoms with Crippen LogP contribution >= 0.6 is 0 Å². The van der Waals surface area contributed by atoms with Crippen molar-refractivity contribution in [3.05, 3.63) is 0 Å². The zero-order valence-corrected chi connectivity index (χ0v) is 11.1. The van der Waals surface area contributed by atoms with E-state index in [-0.39, 0.29) is 12.0 Å². The van der Waals surface area contributed by atoms with Crippen molar-refractivity contribution in [1.82, 2.24) is 10.6 Å². The highest BCUT2D eigenvalue weighted by Gasteiger charge is 2.06. The fraction of sp³-hybridized carbons (Fsp3) is 0.917. The summed E-state index contributed by atoms with van der Waals surface area (Å²) in [5.74, 6) is 0.0337. The molecule has 5 nitrogen and oxygen atoms in total. The molecule has 0 aliphatic rings. The number of nitrogens with one attached hydrogen (secondary N) is 3. The predicted octanol–water partition coefficient (Wildman–Crippen LogP) is 0.747. The molecule has 1 unspecified atom stereocenters. The van der Waals surface area contributed by atoms with E-state index < -0.39 is 0 Å². The second kappa shape index (κ2) is 11.7. The molecule has 0 fully saturated rings. The van der Waals surface area contributed by atoms with E-state index in [9.17, 15) is 0 Å². The molecule has 0 bridgehead atoms. The number of hydrogen-bond donors (Lipinski definition) is 5. The van der Waals surface area contributed by atoms with E-state index in [4.69, 9.17) is 16.9 Å². The van der Waals surface area contributed by atoms with Gasteiger partial charge in [-0.25, -0.2) is 0 Å². The number of guanidine groups is 1. The van der Waals surface area contributed by atoms with Crippen molar-refractivity contribution in [3.8, 4) is 0 Å². The summed E-state index contributed by atoms with van der Waals surface area (Å²) < 4.78 is 0. The normalized spacial score (nSPS) is 12.4. The van der Waals surface area contributed by atoms with Crippen LogP contribution in [0.1, 0.15) is 45.4 Å². The van der Waals surface area contributed by atoms with Gasteiger partial charge in [0.15, 0.2) is 5.96 Å². The van der Waals surface area contributed by atoms with E-state index in [1.54, 1.807) is 0 Å².